The molecule has 2 heterocycles. The van der Waals surface area contributed by atoms with Gasteiger partial charge in [0.2, 0.25) is 0 Å². The van der Waals surface area contributed by atoms with E-state index in [0.29, 0.717) is 6.04 Å². The van der Waals surface area contributed by atoms with Gasteiger partial charge in [-0.2, -0.15) is 0 Å². The lowest BCUT2D eigenvalue weighted by Gasteiger charge is -2.36. The molecule has 1 saturated heterocycles. The number of pyridine rings is 1. The summed E-state index contributed by atoms with van der Waals surface area (Å²) in [7, 11) is 0. The van der Waals surface area contributed by atoms with Crippen molar-refractivity contribution in [2.45, 2.75) is 46.2 Å². The minimum absolute atomic E-state index is 0.514. The first-order chi connectivity index (χ1) is 14.5. The first-order valence-corrected chi connectivity index (χ1v) is 11.1. The third-order valence-corrected chi connectivity index (χ3v) is 6.57. The van der Waals surface area contributed by atoms with Gasteiger partial charge in [-0.25, -0.2) is 0 Å². The number of hydrogen-bond donors (Lipinski definition) is 1. The van der Waals surface area contributed by atoms with Gasteiger partial charge in [0.1, 0.15) is 0 Å². The van der Waals surface area contributed by atoms with Crippen LogP contribution in [0.4, 0.5) is 5.69 Å². The molecule has 1 N–H and O–H groups in total. The Morgan fingerprint density at radius 2 is 1.60 bits per heavy atom. The molecule has 0 atom stereocenters. The Labute approximate surface area is 185 Å². The molecule has 0 bridgehead atoms. The SMILES string of the molecule is Cc1cc(-c2cncc(CN(c3ccc(Cl)cc3)C3CCNCC3)c2)cc(C)c1C. The zero-order chi connectivity index (χ0) is 21.1. The van der Waals surface area contributed by atoms with Crippen molar-refractivity contribution in [2.24, 2.45) is 0 Å². The van der Waals surface area contributed by atoms with E-state index >= 15 is 0 Å². The van der Waals surface area contributed by atoms with Crippen molar-refractivity contribution >= 4 is 17.3 Å². The molecule has 4 heteroatoms. The number of nitrogens with one attached hydrogen (secondary N) is 1. The molecular weight excluding hydrogens is 390 g/mol. The summed E-state index contributed by atoms with van der Waals surface area (Å²) in [6.45, 7) is 9.53. The fourth-order valence-electron chi connectivity index (χ4n) is 4.31. The van der Waals surface area contributed by atoms with E-state index in [4.69, 9.17) is 11.6 Å². The molecule has 1 aliphatic rings. The quantitative estimate of drug-likeness (QED) is 0.542. The van der Waals surface area contributed by atoms with Crippen LogP contribution in [0.15, 0.2) is 54.9 Å². The fraction of sp³-hybridized carbons (Fsp3) is 0.346. The van der Waals surface area contributed by atoms with Gasteiger partial charge < -0.3 is 10.2 Å². The standard InChI is InChI=1S/C26H30ClN3/c1-18-12-22(13-19(2)20(18)3)23-14-21(15-29-16-23)17-30(26-8-10-28-11-9-26)25-6-4-24(27)5-7-25/h4-7,12-16,26,28H,8-11,17H2,1-3H3. The zero-order valence-corrected chi connectivity index (χ0v) is 18.8. The highest BCUT2D eigenvalue weighted by Crippen LogP contribution is 2.28. The van der Waals surface area contributed by atoms with Crippen LogP contribution in [0.2, 0.25) is 5.02 Å². The normalized spacial score (nSPS) is 14.7. The van der Waals surface area contributed by atoms with E-state index in [2.05, 4.69) is 66.3 Å². The van der Waals surface area contributed by atoms with Gasteiger partial charge >= 0.3 is 0 Å². The van der Waals surface area contributed by atoms with Crippen LogP contribution < -0.4 is 10.2 Å². The van der Waals surface area contributed by atoms with Crippen molar-refractivity contribution in [2.75, 3.05) is 18.0 Å². The van der Waals surface area contributed by atoms with Crippen molar-refractivity contribution in [3.05, 3.63) is 82.1 Å². The average Bonchev–Trinajstić information content (AvgIpc) is 2.77. The minimum atomic E-state index is 0.514. The Balaban J connectivity index is 1.65. The number of anilines is 1. The summed E-state index contributed by atoms with van der Waals surface area (Å²) in [4.78, 5) is 7.11. The smallest absolute Gasteiger partial charge is 0.0448 e. The van der Waals surface area contributed by atoms with Crippen LogP contribution >= 0.6 is 11.6 Å². The minimum Gasteiger partial charge on any atom is -0.364 e. The molecule has 156 valence electrons. The number of piperidine rings is 1. The number of hydrogen-bond acceptors (Lipinski definition) is 3. The summed E-state index contributed by atoms with van der Waals surface area (Å²) in [5.41, 5.74) is 8.89. The average molecular weight is 420 g/mol. The Morgan fingerprint density at radius 3 is 2.27 bits per heavy atom. The van der Waals surface area contributed by atoms with E-state index in [1.807, 2.05) is 24.5 Å². The Hall–Kier alpha value is -2.36. The maximum Gasteiger partial charge on any atom is 0.0448 e. The molecule has 0 spiro atoms. The van der Waals surface area contributed by atoms with E-state index in [-0.39, 0.29) is 0 Å². The predicted octanol–water partition coefficient (Wildman–Crippen LogP) is 6.09. The largest absolute Gasteiger partial charge is 0.364 e. The van der Waals surface area contributed by atoms with Crippen LogP contribution in [0.25, 0.3) is 11.1 Å². The second kappa shape index (κ2) is 9.20. The number of nitrogens with zero attached hydrogens (tertiary/aromatic N) is 2. The van der Waals surface area contributed by atoms with Gasteiger partial charge in [0.05, 0.1) is 0 Å². The van der Waals surface area contributed by atoms with Crippen LogP contribution in [0.3, 0.4) is 0 Å². The Kier molecular flexibility index (Phi) is 6.40. The van der Waals surface area contributed by atoms with Crippen LogP contribution in [0, 0.1) is 20.8 Å². The van der Waals surface area contributed by atoms with Crippen molar-refractivity contribution < 1.29 is 0 Å². The van der Waals surface area contributed by atoms with Crippen LogP contribution in [0.1, 0.15) is 35.1 Å². The van der Waals surface area contributed by atoms with Gasteiger partial charge in [0.15, 0.2) is 0 Å². The second-order valence-electron chi connectivity index (χ2n) is 8.40. The van der Waals surface area contributed by atoms with Crippen molar-refractivity contribution in [3.63, 3.8) is 0 Å². The van der Waals surface area contributed by atoms with E-state index in [0.717, 1.165) is 37.5 Å². The van der Waals surface area contributed by atoms with E-state index in [1.54, 1.807) is 0 Å². The third-order valence-electron chi connectivity index (χ3n) is 6.32. The molecule has 0 amide bonds. The van der Waals surface area contributed by atoms with Gasteiger partial charge in [0.25, 0.3) is 0 Å². The lowest BCUT2D eigenvalue weighted by molar-refractivity contribution is 0.428. The predicted molar refractivity (Wildman–Crippen MR) is 127 cm³/mol. The fourth-order valence-corrected chi connectivity index (χ4v) is 4.44. The Morgan fingerprint density at radius 1 is 0.933 bits per heavy atom. The van der Waals surface area contributed by atoms with Gasteiger partial charge in [-0.3, -0.25) is 4.98 Å². The first-order valence-electron chi connectivity index (χ1n) is 10.8. The molecule has 0 aliphatic carbocycles. The molecule has 0 saturated carbocycles. The lowest BCUT2D eigenvalue weighted by atomic mass is 9.96. The summed E-state index contributed by atoms with van der Waals surface area (Å²) in [5.74, 6) is 0. The summed E-state index contributed by atoms with van der Waals surface area (Å²) >= 11 is 6.15. The topological polar surface area (TPSA) is 28.2 Å². The molecule has 3 nitrogen and oxygen atoms in total. The summed E-state index contributed by atoms with van der Waals surface area (Å²) in [6, 6.07) is 15.6. The van der Waals surface area contributed by atoms with Crippen molar-refractivity contribution in [1.82, 2.24) is 10.3 Å². The summed E-state index contributed by atoms with van der Waals surface area (Å²) in [6.07, 6.45) is 6.27. The number of benzene rings is 2. The molecule has 3 aromatic rings. The first kappa shape index (κ1) is 20.9. The van der Waals surface area contributed by atoms with Gasteiger partial charge in [-0.05, 0) is 105 Å². The molecule has 1 aliphatic heterocycles. The number of aromatic nitrogens is 1. The van der Waals surface area contributed by atoms with Crippen LogP contribution in [-0.4, -0.2) is 24.1 Å². The van der Waals surface area contributed by atoms with Crippen molar-refractivity contribution in [3.8, 4) is 11.1 Å². The van der Waals surface area contributed by atoms with Crippen LogP contribution in [-0.2, 0) is 6.54 Å². The number of aryl methyl sites for hydroxylation is 2. The van der Waals surface area contributed by atoms with E-state index in [9.17, 15) is 0 Å². The molecule has 4 rings (SSSR count). The number of halogens is 1. The highest BCUT2D eigenvalue weighted by atomic mass is 35.5. The van der Waals surface area contributed by atoms with E-state index < -0.39 is 0 Å². The lowest BCUT2D eigenvalue weighted by Crippen LogP contribution is -2.43. The third kappa shape index (κ3) is 4.69. The molecule has 0 radical (unpaired) electrons. The summed E-state index contributed by atoms with van der Waals surface area (Å²) in [5, 5.41) is 4.26. The zero-order valence-electron chi connectivity index (χ0n) is 18.1. The monoisotopic (exact) mass is 419 g/mol. The van der Waals surface area contributed by atoms with Gasteiger partial charge in [-0.15, -0.1) is 0 Å². The molecule has 0 unspecified atom stereocenters. The second-order valence-corrected chi connectivity index (χ2v) is 8.84. The number of rotatable bonds is 5. The van der Waals surface area contributed by atoms with Crippen LogP contribution in [0.5, 0.6) is 0 Å². The molecule has 1 fully saturated rings. The summed E-state index contributed by atoms with van der Waals surface area (Å²) < 4.78 is 0. The Bertz CT molecular complexity index is 984. The maximum atomic E-state index is 6.15. The highest BCUT2D eigenvalue weighted by Gasteiger charge is 2.22. The highest BCUT2D eigenvalue weighted by molar-refractivity contribution is 6.30. The van der Waals surface area contributed by atoms with Gasteiger partial charge in [-0.1, -0.05) is 23.7 Å². The van der Waals surface area contributed by atoms with E-state index in [1.165, 1.54) is 39.1 Å². The van der Waals surface area contributed by atoms with Crippen molar-refractivity contribution in [1.29, 1.82) is 0 Å². The molecule has 2 aromatic carbocycles. The molecule has 30 heavy (non-hydrogen) atoms. The molecule has 1 aromatic heterocycles. The maximum absolute atomic E-state index is 6.15. The molecular formula is C26H30ClN3. The van der Waals surface area contributed by atoms with Gasteiger partial charge in [0, 0.05) is 41.3 Å².